The van der Waals surface area contributed by atoms with Gasteiger partial charge in [-0.25, -0.2) is 4.98 Å². The molecule has 164 valence electrons. The Kier molecular flexibility index (Phi) is 7.09. The van der Waals surface area contributed by atoms with Gasteiger partial charge in [0.1, 0.15) is 10.6 Å². The summed E-state index contributed by atoms with van der Waals surface area (Å²) in [6.07, 6.45) is 1.66. The zero-order chi connectivity index (χ0) is 22.5. The summed E-state index contributed by atoms with van der Waals surface area (Å²) in [5.41, 5.74) is 1.40. The second kappa shape index (κ2) is 10.2. The van der Waals surface area contributed by atoms with E-state index in [1.165, 1.54) is 23.1 Å². The van der Waals surface area contributed by atoms with E-state index < -0.39 is 0 Å². The van der Waals surface area contributed by atoms with Gasteiger partial charge in [0.05, 0.1) is 23.4 Å². The lowest BCUT2D eigenvalue weighted by Gasteiger charge is -2.12. The van der Waals surface area contributed by atoms with Gasteiger partial charge in [-0.05, 0) is 30.5 Å². The number of hydrogen-bond acceptors (Lipinski definition) is 7. The van der Waals surface area contributed by atoms with Crippen LogP contribution in [0.25, 0.3) is 20.7 Å². The maximum Gasteiger partial charge on any atom is 0.263 e. The molecule has 0 radical (unpaired) electrons. The highest BCUT2D eigenvalue weighted by Gasteiger charge is 2.18. The summed E-state index contributed by atoms with van der Waals surface area (Å²) < 4.78 is 7.14. The van der Waals surface area contributed by atoms with Crippen molar-refractivity contribution in [3.05, 3.63) is 70.2 Å². The summed E-state index contributed by atoms with van der Waals surface area (Å²) in [6.45, 7) is 6.49. The van der Waals surface area contributed by atoms with Gasteiger partial charge in [-0.15, -0.1) is 29.3 Å². The van der Waals surface area contributed by atoms with Crippen molar-refractivity contribution in [3.8, 4) is 16.2 Å². The van der Waals surface area contributed by atoms with Crippen LogP contribution in [0.15, 0.2) is 69.8 Å². The normalized spacial score (nSPS) is 10.9. The molecule has 1 aromatic carbocycles. The van der Waals surface area contributed by atoms with E-state index in [-0.39, 0.29) is 17.2 Å². The third kappa shape index (κ3) is 4.64. The fourth-order valence-corrected chi connectivity index (χ4v) is 5.80. The number of para-hydroxylation sites is 2. The van der Waals surface area contributed by atoms with Gasteiger partial charge in [-0.1, -0.05) is 36.0 Å². The van der Waals surface area contributed by atoms with Crippen molar-refractivity contribution in [1.82, 2.24) is 9.55 Å². The number of ether oxygens (including phenoxy) is 1. The van der Waals surface area contributed by atoms with Crippen molar-refractivity contribution in [2.45, 2.75) is 18.6 Å². The first-order chi connectivity index (χ1) is 15.6. The summed E-state index contributed by atoms with van der Waals surface area (Å²) in [7, 11) is 0. The average Bonchev–Trinajstić information content (AvgIpc) is 3.46. The van der Waals surface area contributed by atoms with Gasteiger partial charge >= 0.3 is 0 Å². The van der Waals surface area contributed by atoms with Gasteiger partial charge in [-0.2, -0.15) is 0 Å². The molecular formula is C23H21N3O3S3. The molecule has 32 heavy (non-hydrogen) atoms. The maximum absolute atomic E-state index is 13.3. The van der Waals surface area contributed by atoms with Crippen LogP contribution < -0.4 is 15.6 Å². The van der Waals surface area contributed by atoms with E-state index in [0.717, 1.165) is 10.4 Å². The number of rotatable bonds is 9. The van der Waals surface area contributed by atoms with Crippen molar-refractivity contribution in [3.63, 3.8) is 0 Å². The average molecular weight is 484 g/mol. The van der Waals surface area contributed by atoms with Crippen LogP contribution in [0.4, 0.5) is 5.69 Å². The number of benzene rings is 1. The smallest absolute Gasteiger partial charge is 0.263 e. The highest BCUT2D eigenvalue weighted by Crippen LogP contribution is 2.34. The number of anilines is 1. The summed E-state index contributed by atoms with van der Waals surface area (Å²) in [5, 5.41) is 7.94. The number of thiophene rings is 2. The minimum Gasteiger partial charge on any atom is -0.492 e. The molecule has 6 nitrogen and oxygen atoms in total. The van der Waals surface area contributed by atoms with E-state index in [1.54, 1.807) is 28.0 Å². The van der Waals surface area contributed by atoms with E-state index in [9.17, 15) is 9.59 Å². The lowest BCUT2D eigenvalue weighted by molar-refractivity contribution is -0.113. The highest BCUT2D eigenvalue weighted by molar-refractivity contribution is 7.99. The quantitative estimate of drug-likeness (QED) is 0.193. The summed E-state index contributed by atoms with van der Waals surface area (Å²) in [4.78, 5) is 32.3. The van der Waals surface area contributed by atoms with Crippen molar-refractivity contribution in [1.29, 1.82) is 0 Å². The van der Waals surface area contributed by atoms with Crippen molar-refractivity contribution in [2.75, 3.05) is 17.7 Å². The van der Waals surface area contributed by atoms with Crippen LogP contribution in [-0.2, 0) is 11.3 Å². The molecule has 0 aliphatic carbocycles. The van der Waals surface area contributed by atoms with E-state index in [0.29, 0.717) is 40.0 Å². The number of carbonyl (C=O) groups is 1. The molecule has 1 N–H and O–H groups in total. The second-order valence-electron chi connectivity index (χ2n) is 6.67. The van der Waals surface area contributed by atoms with E-state index in [4.69, 9.17) is 9.72 Å². The van der Waals surface area contributed by atoms with Crippen molar-refractivity contribution >= 4 is 56.2 Å². The molecule has 0 saturated carbocycles. The van der Waals surface area contributed by atoms with Gasteiger partial charge in [0, 0.05) is 22.4 Å². The fourth-order valence-electron chi connectivity index (χ4n) is 3.19. The number of thioether (sulfide) groups is 1. The molecule has 4 rings (SSSR count). The van der Waals surface area contributed by atoms with E-state index in [2.05, 4.69) is 11.9 Å². The summed E-state index contributed by atoms with van der Waals surface area (Å²) in [6, 6.07) is 11.3. The molecule has 0 unspecified atom stereocenters. The Morgan fingerprint density at radius 1 is 1.28 bits per heavy atom. The first-order valence-electron chi connectivity index (χ1n) is 9.93. The Balaban J connectivity index is 1.59. The van der Waals surface area contributed by atoms with Gasteiger partial charge in [-0.3, -0.25) is 14.2 Å². The fraction of sp³-hybridized carbons (Fsp3) is 0.174. The molecule has 0 aliphatic rings. The zero-order valence-corrected chi connectivity index (χ0v) is 19.8. The van der Waals surface area contributed by atoms with Crippen molar-refractivity contribution in [2.24, 2.45) is 0 Å². The molecule has 0 aliphatic heterocycles. The second-order valence-corrected chi connectivity index (χ2v) is 9.42. The Hall–Kier alpha value is -2.88. The highest BCUT2D eigenvalue weighted by atomic mass is 32.2. The summed E-state index contributed by atoms with van der Waals surface area (Å²) >= 11 is 4.26. The first-order valence-corrected chi connectivity index (χ1v) is 12.7. The minimum atomic E-state index is -0.202. The molecule has 4 aromatic rings. The van der Waals surface area contributed by atoms with E-state index in [1.807, 2.05) is 48.0 Å². The number of allylic oxidation sites excluding steroid dienone is 1. The zero-order valence-electron chi connectivity index (χ0n) is 17.4. The van der Waals surface area contributed by atoms with E-state index >= 15 is 0 Å². The van der Waals surface area contributed by atoms with Crippen LogP contribution in [0, 0.1) is 0 Å². The van der Waals surface area contributed by atoms with Crippen LogP contribution >= 0.6 is 34.4 Å². The number of fused-ring (bicyclic) bond motifs is 1. The predicted molar refractivity (Wildman–Crippen MR) is 134 cm³/mol. The Morgan fingerprint density at radius 3 is 2.88 bits per heavy atom. The van der Waals surface area contributed by atoms with Gasteiger partial charge in [0.15, 0.2) is 5.16 Å². The Labute approximate surface area is 197 Å². The van der Waals surface area contributed by atoms with Crippen LogP contribution in [0.5, 0.6) is 5.75 Å². The summed E-state index contributed by atoms with van der Waals surface area (Å²) in [5.74, 6) is 0.530. The first kappa shape index (κ1) is 22.3. The third-order valence-electron chi connectivity index (χ3n) is 4.55. The van der Waals surface area contributed by atoms with Gasteiger partial charge in [0.2, 0.25) is 5.91 Å². The van der Waals surface area contributed by atoms with Crippen LogP contribution in [0.3, 0.4) is 0 Å². The monoisotopic (exact) mass is 483 g/mol. The third-order valence-corrected chi connectivity index (χ3v) is 7.30. The molecule has 0 spiro atoms. The standard InChI is InChI=1S/C23H21N3O3S3/c1-3-11-26-22(28)20-15(18-10-7-12-30-18)13-31-21(20)25-23(26)32-14-19(27)24-16-8-5-6-9-17(16)29-4-2/h3,5-10,12-13H,1,4,11,14H2,2H3,(H,24,27). The SMILES string of the molecule is C=CCn1c(SCC(=O)Nc2ccccc2OCC)nc2scc(-c3cccs3)c2c1=O. The largest absolute Gasteiger partial charge is 0.492 e. The molecule has 0 bridgehead atoms. The van der Waals surface area contributed by atoms with Gasteiger partial charge in [0.25, 0.3) is 5.56 Å². The molecule has 9 heteroatoms. The number of nitrogens with one attached hydrogen (secondary N) is 1. The molecule has 0 atom stereocenters. The van der Waals surface area contributed by atoms with Crippen LogP contribution in [0.1, 0.15) is 6.92 Å². The molecule has 1 amide bonds. The predicted octanol–water partition coefficient (Wildman–Crippen LogP) is 5.50. The maximum atomic E-state index is 13.3. The molecular weight excluding hydrogens is 462 g/mol. The lowest BCUT2D eigenvalue weighted by Crippen LogP contribution is -2.23. The minimum absolute atomic E-state index is 0.110. The number of nitrogens with zero attached hydrogens (tertiary/aromatic N) is 2. The van der Waals surface area contributed by atoms with Crippen LogP contribution in [-0.4, -0.2) is 27.8 Å². The van der Waals surface area contributed by atoms with Crippen LogP contribution in [0.2, 0.25) is 0 Å². The topological polar surface area (TPSA) is 73.2 Å². The number of carbonyl (C=O) groups excluding carboxylic acids is 1. The molecule has 0 saturated heterocycles. The van der Waals surface area contributed by atoms with Gasteiger partial charge < -0.3 is 10.1 Å². The van der Waals surface area contributed by atoms with Crippen molar-refractivity contribution < 1.29 is 9.53 Å². The molecule has 0 fully saturated rings. The molecule has 3 aromatic heterocycles. The number of aromatic nitrogens is 2. The lowest BCUT2D eigenvalue weighted by atomic mass is 10.2. The number of hydrogen-bond donors (Lipinski definition) is 1. The number of amides is 1. The Morgan fingerprint density at radius 2 is 2.12 bits per heavy atom. The Bertz CT molecular complexity index is 1310. The molecule has 3 heterocycles.